The van der Waals surface area contributed by atoms with Crippen LogP contribution in [0.1, 0.15) is 29.0 Å². The van der Waals surface area contributed by atoms with Gasteiger partial charge in [-0.05, 0) is 49.2 Å². The number of benzene rings is 1. The molecule has 1 unspecified atom stereocenters. The Balaban J connectivity index is 2.01. The Hall–Kier alpha value is -0.900. The lowest BCUT2D eigenvalue weighted by molar-refractivity contribution is 0.574. The van der Waals surface area contributed by atoms with Gasteiger partial charge < -0.3 is 5.32 Å². The van der Waals surface area contributed by atoms with Crippen LogP contribution in [0.4, 0.5) is 4.39 Å². The first-order chi connectivity index (χ1) is 8.56. The Labute approximate surface area is 116 Å². The predicted octanol–water partition coefficient (Wildman–Crippen LogP) is 4.70. The van der Waals surface area contributed by atoms with Crippen LogP contribution >= 0.6 is 22.9 Å². The predicted molar refractivity (Wildman–Crippen MR) is 75.7 cm³/mol. The van der Waals surface area contributed by atoms with Gasteiger partial charge in [0.05, 0.1) is 4.34 Å². The molecule has 0 saturated heterocycles. The lowest BCUT2D eigenvalue weighted by Crippen LogP contribution is -2.17. The Kier molecular flexibility index (Phi) is 4.38. The molecule has 2 rings (SSSR count). The first-order valence-corrected chi connectivity index (χ1v) is 6.99. The maximum atomic E-state index is 13.2. The second kappa shape index (κ2) is 5.83. The average Bonchev–Trinajstić information content (AvgIpc) is 2.77. The molecular formula is C14H15ClFNS. The van der Waals surface area contributed by atoms with Crippen LogP contribution in [0, 0.1) is 12.7 Å². The Morgan fingerprint density at radius 3 is 2.78 bits per heavy atom. The fraction of sp³-hybridized carbons (Fsp3) is 0.286. The van der Waals surface area contributed by atoms with Crippen LogP contribution in [-0.4, -0.2) is 0 Å². The molecule has 0 radical (unpaired) electrons. The second-order valence-corrected chi connectivity index (χ2v) is 6.06. The molecule has 1 heterocycles. The average molecular weight is 284 g/mol. The highest BCUT2D eigenvalue weighted by Crippen LogP contribution is 2.26. The molecule has 0 saturated carbocycles. The lowest BCUT2D eigenvalue weighted by Gasteiger charge is -2.13. The van der Waals surface area contributed by atoms with Gasteiger partial charge in [0.25, 0.3) is 0 Å². The van der Waals surface area contributed by atoms with Crippen molar-refractivity contribution >= 4 is 22.9 Å². The van der Waals surface area contributed by atoms with Gasteiger partial charge in [0.2, 0.25) is 0 Å². The standard InChI is InChI=1S/C14H15ClFNS/c1-9-3-4-12(16)7-11(9)8-17-10(2)13-5-6-14(15)18-13/h3-7,10,17H,8H2,1-2H3. The molecule has 1 aromatic heterocycles. The Bertz CT molecular complexity index is 538. The van der Waals surface area contributed by atoms with Crippen molar-refractivity contribution in [1.82, 2.24) is 5.32 Å². The van der Waals surface area contributed by atoms with Crippen LogP contribution in [0.3, 0.4) is 0 Å². The minimum atomic E-state index is -0.191. The maximum Gasteiger partial charge on any atom is 0.123 e. The molecule has 0 aliphatic carbocycles. The minimum Gasteiger partial charge on any atom is -0.305 e. The van der Waals surface area contributed by atoms with Gasteiger partial charge in [-0.3, -0.25) is 0 Å². The first kappa shape index (κ1) is 13.5. The summed E-state index contributed by atoms with van der Waals surface area (Å²) in [5.41, 5.74) is 2.09. The Morgan fingerprint density at radius 1 is 1.33 bits per heavy atom. The molecule has 0 aliphatic heterocycles. The van der Waals surface area contributed by atoms with Crippen LogP contribution in [0.25, 0.3) is 0 Å². The van der Waals surface area contributed by atoms with E-state index in [1.807, 2.05) is 19.1 Å². The van der Waals surface area contributed by atoms with E-state index in [0.717, 1.165) is 15.5 Å². The van der Waals surface area contributed by atoms with E-state index < -0.39 is 0 Å². The molecule has 0 aliphatic rings. The summed E-state index contributed by atoms with van der Waals surface area (Å²) in [4.78, 5) is 1.19. The van der Waals surface area contributed by atoms with Crippen molar-refractivity contribution in [3.63, 3.8) is 0 Å². The fourth-order valence-corrected chi connectivity index (χ4v) is 2.84. The summed E-state index contributed by atoms with van der Waals surface area (Å²) in [6.07, 6.45) is 0. The molecule has 1 N–H and O–H groups in total. The molecule has 0 fully saturated rings. The van der Waals surface area contributed by atoms with Crippen molar-refractivity contribution < 1.29 is 4.39 Å². The molecule has 1 atom stereocenters. The minimum absolute atomic E-state index is 0.191. The summed E-state index contributed by atoms with van der Waals surface area (Å²) in [6.45, 7) is 4.72. The lowest BCUT2D eigenvalue weighted by atomic mass is 10.1. The van der Waals surface area contributed by atoms with Gasteiger partial charge in [0.1, 0.15) is 5.82 Å². The van der Waals surface area contributed by atoms with E-state index in [0.29, 0.717) is 6.54 Å². The van der Waals surface area contributed by atoms with Gasteiger partial charge in [-0.1, -0.05) is 17.7 Å². The van der Waals surface area contributed by atoms with Gasteiger partial charge in [0.15, 0.2) is 0 Å². The fourth-order valence-electron chi connectivity index (χ4n) is 1.76. The smallest absolute Gasteiger partial charge is 0.123 e. The van der Waals surface area contributed by atoms with E-state index in [1.165, 1.54) is 10.9 Å². The zero-order valence-electron chi connectivity index (χ0n) is 10.3. The number of halogens is 2. The highest BCUT2D eigenvalue weighted by Gasteiger charge is 2.08. The van der Waals surface area contributed by atoms with Gasteiger partial charge in [-0.2, -0.15) is 0 Å². The van der Waals surface area contributed by atoms with E-state index >= 15 is 0 Å². The summed E-state index contributed by atoms with van der Waals surface area (Å²) < 4.78 is 13.9. The maximum absolute atomic E-state index is 13.2. The van der Waals surface area contributed by atoms with Crippen molar-refractivity contribution in [3.8, 4) is 0 Å². The van der Waals surface area contributed by atoms with E-state index in [2.05, 4.69) is 12.2 Å². The summed E-state index contributed by atoms with van der Waals surface area (Å²) in [7, 11) is 0. The highest BCUT2D eigenvalue weighted by molar-refractivity contribution is 7.16. The van der Waals surface area contributed by atoms with E-state index in [1.54, 1.807) is 23.5 Å². The molecule has 1 aromatic carbocycles. The third-order valence-electron chi connectivity index (χ3n) is 2.93. The topological polar surface area (TPSA) is 12.0 Å². The number of hydrogen-bond donors (Lipinski definition) is 1. The molecule has 1 nitrogen and oxygen atoms in total. The summed E-state index contributed by atoms with van der Waals surface area (Å²) in [5, 5.41) is 3.38. The van der Waals surface area contributed by atoms with Crippen molar-refractivity contribution in [1.29, 1.82) is 0 Å². The summed E-state index contributed by atoms with van der Waals surface area (Å²) in [6, 6.07) is 9.00. The second-order valence-electron chi connectivity index (χ2n) is 4.32. The third kappa shape index (κ3) is 3.31. The van der Waals surface area contributed by atoms with Crippen molar-refractivity contribution in [2.45, 2.75) is 26.4 Å². The molecule has 18 heavy (non-hydrogen) atoms. The van der Waals surface area contributed by atoms with Gasteiger partial charge >= 0.3 is 0 Å². The third-order valence-corrected chi connectivity index (χ3v) is 4.34. The molecule has 0 spiro atoms. The van der Waals surface area contributed by atoms with Crippen LogP contribution in [-0.2, 0) is 6.54 Å². The number of hydrogen-bond acceptors (Lipinski definition) is 2. The van der Waals surface area contributed by atoms with Crippen LogP contribution in [0.2, 0.25) is 4.34 Å². The van der Waals surface area contributed by atoms with Crippen molar-refractivity contribution in [2.75, 3.05) is 0 Å². The van der Waals surface area contributed by atoms with Crippen LogP contribution in [0.15, 0.2) is 30.3 Å². The van der Waals surface area contributed by atoms with Crippen molar-refractivity contribution in [3.05, 3.63) is 56.5 Å². The highest BCUT2D eigenvalue weighted by atomic mass is 35.5. The van der Waals surface area contributed by atoms with Gasteiger partial charge in [0, 0.05) is 17.5 Å². The largest absolute Gasteiger partial charge is 0.305 e. The van der Waals surface area contributed by atoms with Crippen LogP contribution < -0.4 is 5.32 Å². The zero-order chi connectivity index (χ0) is 13.1. The van der Waals surface area contributed by atoms with Crippen LogP contribution in [0.5, 0.6) is 0 Å². The molecule has 4 heteroatoms. The van der Waals surface area contributed by atoms with E-state index in [4.69, 9.17) is 11.6 Å². The zero-order valence-corrected chi connectivity index (χ0v) is 11.9. The quantitative estimate of drug-likeness (QED) is 0.858. The molecule has 2 aromatic rings. The van der Waals surface area contributed by atoms with Gasteiger partial charge in [-0.25, -0.2) is 4.39 Å². The number of nitrogens with one attached hydrogen (secondary N) is 1. The number of thiophene rings is 1. The van der Waals surface area contributed by atoms with E-state index in [-0.39, 0.29) is 11.9 Å². The molecule has 96 valence electrons. The monoisotopic (exact) mass is 283 g/mol. The summed E-state index contributed by atoms with van der Waals surface area (Å²) in [5.74, 6) is -0.191. The first-order valence-electron chi connectivity index (χ1n) is 5.80. The normalized spacial score (nSPS) is 12.7. The molecule has 0 bridgehead atoms. The van der Waals surface area contributed by atoms with Gasteiger partial charge in [-0.15, -0.1) is 11.3 Å². The molecule has 0 amide bonds. The summed E-state index contributed by atoms with van der Waals surface area (Å²) >= 11 is 7.48. The Morgan fingerprint density at radius 2 is 2.11 bits per heavy atom. The SMILES string of the molecule is Cc1ccc(F)cc1CNC(C)c1ccc(Cl)s1. The van der Waals surface area contributed by atoms with E-state index in [9.17, 15) is 4.39 Å². The molecular weight excluding hydrogens is 269 g/mol. The number of rotatable bonds is 4. The number of aryl methyl sites for hydroxylation is 1. The van der Waals surface area contributed by atoms with Crippen molar-refractivity contribution in [2.24, 2.45) is 0 Å².